The molecule has 0 aliphatic carbocycles. The predicted octanol–water partition coefficient (Wildman–Crippen LogP) is 2.38. The van der Waals surface area contributed by atoms with Crippen molar-refractivity contribution in [1.29, 1.82) is 0 Å². The Balaban J connectivity index is 1.92. The van der Waals surface area contributed by atoms with Crippen LogP contribution in [-0.2, 0) is 6.54 Å². The molecule has 1 aliphatic rings. The van der Waals surface area contributed by atoms with Crippen molar-refractivity contribution in [2.45, 2.75) is 25.9 Å². The fraction of sp³-hybridized carbons (Fsp3) is 0.611. The lowest BCUT2D eigenvalue weighted by Crippen LogP contribution is -2.36. The molecule has 122 valence electrons. The van der Waals surface area contributed by atoms with Crippen LogP contribution < -0.4 is 0 Å². The summed E-state index contributed by atoms with van der Waals surface area (Å²) >= 11 is 0. The molecule has 1 aromatic carbocycles. The molecule has 1 aliphatic heterocycles. The van der Waals surface area contributed by atoms with Gasteiger partial charge in [0.2, 0.25) is 0 Å². The van der Waals surface area contributed by atoms with Crippen molar-refractivity contribution in [3.8, 4) is 0 Å². The van der Waals surface area contributed by atoms with Gasteiger partial charge in [0.15, 0.2) is 5.96 Å². The average molecular weight is 302 g/mol. The molecular weight excluding hydrogens is 272 g/mol. The third-order valence-corrected chi connectivity index (χ3v) is 4.31. The quantitative estimate of drug-likeness (QED) is 0.630. The lowest BCUT2D eigenvalue weighted by Gasteiger charge is -2.23. The van der Waals surface area contributed by atoms with E-state index in [1.54, 1.807) is 0 Å². The van der Waals surface area contributed by atoms with Crippen LogP contribution in [-0.4, -0.2) is 68.0 Å². The molecule has 0 N–H and O–H groups in total. The van der Waals surface area contributed by atoms with Crippen LogP contribution in [0.1, 0.15) is 18.9 Å². The van der Waals surface area contributed by atoms with Crippen molar-refractivity contribution in [2.24, 2.45) is 10.9 Å². The second-order valence-electron chi connectivity index (χ2n) is 6.80. The van der Waals surface area contributed by atoms with Crippen LogP contribution in [0.5, 0.6) is 0 Å². The minimum atomic E-state index is 0.641. The maximum Gasteiger partial charge on any atom is 0.195 e. The number of likely N-dealkylation sites (tertiary alicyclic amines) is 1. The first-order valence-electron chi connectivity index (χ1n) is 8.14. The number of rotatable bonds is 4. The van der Waals surface area contributed by atoms with Gasteiger partial charge in [0.25, 0.3) is 0 Å². The van der Waals surface area contributed by atoms with Crippen molar-refractivity contribution in [1.82, 2.24) is 14.7 Å². The predicted molar refractivity (Wildman–Crippen MR) is 94.1 cm³/mol. The van der Waals surface area contributed by atoms with E-state index in [0.29, 0.717) is 12.0 Å². The van der Waals surface area contributed by atoms with Gasteiger partial charge in [-0.25, -0.2) is 0 Å². The van der Waals surface area contributed by atoms with E-state index in [1.807, 2.05) is 0 Å². The zero-order valence-electron chi connectivity index (χ0n) is 14.7. The van der Waals surface area contributed by atoms with Crippen molar-refractivity contribution in [3.63, 3.8) is 0 Å². The first kappa shape index (κ1) is 16.8. The molecule has 22 heavy (non-hydrogen) atoms. The summed E-state index contributed by atoms with van der Waals surface area (Å²) in [6.07, 6.45) is 1.24. The second kappa shape index (κ2) is 7.63. The Morgan fingerprint density at radius 3 is 2.36 bits per heavy atom. The van der Waals surface area contributed by atoms with Crippen molar-refractivity contribution in [3.05, 3.63) is 35.9 Å². The lowest BCUT2D eigenvalue weighted by molar-refractivity contribution is 0.256. The fourth-order valence-corrected chi connectivity index (χ4v) is 3.28. The first-order valence-corrected chi connectivity index (χ1v) is 8.14. The summed E-state index contributed by atoms with van der Waals surface area (Å²) in [5.41, 5.74) is 1.40. The van der Waals surface area contributed by atoms with Gasteiger partial charge in [-0.3, -0.25) is 9.89 Å². The fourth-order valence-electron chi connectivity index (χ4n) is 3.28. The third-order valence-electron chi connectivity index (χ3n) is 4.31. The smallest absolute Gasteiger partial charge is 0.195 e. The van der Waals surface area contributed by atoms with Gasteiger partial charge < -0.3 is 9.80 Å². The molecular formula is C18H30N4. The van der Waals surface area contributed by atoms with Crippen molar-refractivity contribution < 1.29 is 0 Å². The summed E-state index contributed by atoms with van der Waals surface area (Å²) < 4.78 is 0. The largest absolute Gasteiger partial charge is 0.349 e. The number of nitrogens with zero attached hydrogens (tertiary/aromatic N) is 4. The molecule has 0 unspecified atom stereocenters. The number of hydrogen-bond acceptors (Lipinski definition) is 2. The van der Waals surface area contributed by atoms with Crippen LogP contribution in [0, 0.1) is 5.92 Å². The van der Waals surface area contributed by atoms with Gasteiger partial charge in [0.1, 0.15) is 0 Å². The van der Waals surface area contributed by atoms with Crippen molar-refractivity contribution >= 4 is 5.96 Å². The highest BCUT2D eigenvalue weighted by Gasteiger charge is 2.28. The molecule has 2 rings (SSSR count). The number of guanidine groups is 1. The zero-order valence-corrected chi connectivity index (χ0v) is 14.7. The number of aliphatic imine (C=N–C) groups is 1. The topological polar surface area (TPSA) is 22.1 Å². The minimum Gasteiger partial charge on any atom is -0.349 e. The van der Waals surface area contributed by atoms with Gasteiger partial charge in [-0.2, -0.15) is 0 Å². The molecule has 4 nitrogen and oxygen atoms in total. The van der Waals surface area contributed by atoms with E-state index in [0.717, 1.165) is 25.6 Å². The summed E-state index contributed by atoms with van der Waals surface area (Å²) in [5.74, 6) is 1.71. The molecule has 1 aromatic rings. The Labute approximate surface area is 135 Å². The zero-order chi connectivity index (χ0) is 16.1. The Bertz CT molecular complexity index is 471. The summed E-state index contributed by atoms with van der Waals surface area (Å²) in [4.78, 5) is 11.6. The maximum atomic E-state index is 4.82. The average Bonchev–Trinajstić information content (AvgIpc) is 2.79. The number of hydrogen-bond donors (Lipinski definition) is 0. The molecule has 0 radical (unpaired) electrons. The highest BCUT2D eigenvalue weighted by Crippen LogP contribution is 2.25. The maximum absolute atomic E-state index is 4.82. The van der Waals surface area contributed by atoms with E-state index in [2.05, 4.69) is 80.1 Å². The minimum absolute atomic E-state index is 0.641. The highest BCUT2D eigenvalue weighted by molar-refractivity contribution is 5.79. The van der Waals surface area contributed by atoms with Gasteiger partial charge in [-0.15, -0.1) is 0 Å². The Kier molecular flexibility index (Phi) is 5.83. The molecule has 1 fully saturated rings. The summed E-state index contributed by atoms with van der Waals surface area (Å²) in [5, 5.41) is 0. The van der Waals surface area contributed by atoms with E-state index in [9.17, 15) is 0 Å². The van der Waals surface area contributed by atoms with E-state index in [-0.39, 0.29) is 0 Å². The summed E-state index contributed by atoms with van der Waals surface area (Å²) in [7, 11) is 8.21. The van der Waals surface area contributed by atoms with E-state index in [1.165, 1.54) is 12.0 Å². The molecule has 2 atom stereocenters. The molecule has 0 spiro atoms. The van der Waals surface area contributed by atoms with Gasteiger partial charge >= 0.3 is 0 Å². The molecule has 1 saturated heterocycles. The van der Waals surface area contributed by atoms with E-state index < -0.39 is 0 Å². The highest BCUT2D eigenvalue weighted by atomic mass is 15.3. The van der Waals surface area contributed by atoms with Crippen LogP contribution >= 0.6 is 0 Å². The standard InChI is InChI=1S/C18H30N4/c1-15-11-17(12-19-18(20(2)3)21(4)5)14-22(15)13-16-9-7-6-8-10-16/h6-10,15,17H,11-14H2,1-5H3/t15-,17+/m1/s1. The van der Waals surface area contributed by atoms with Gasteiger partial charge in [-0.1, -0.05) is 30.3 Å². The monoisotopic (exact) mass is 302 g/mol. The molecule has 1 heterocycles. The second-order valence-corrected chi connectivity index (χ2v) is 6.80. The molecule has 0 bridgehead atoms. The molecule has 4 heteroatoms. The lowest BCUT2D eigenvalue weighted by atomic mass is 10.1. The van der Waals surface area contributed by atoms with E-state index >= 15 is 0 Å². The molecule has 0 saturated carbocycles. The van der Waals surface area contributed by atoms with Gasteiger partial charge in [-0.05, 0) is 24.8 Å². The molecule has 0 amide bonds. The van der Waals surface area contributed by atoms with Gasteiger partial charge in [0, 0.05) is 53.9 Å². The van der Waals surface area contributed by atoms with Crippen LogP contribution in [0.4, 0.5) is 0 Å². The first-order chi connectivity index (χ1) is 10.5. The number of benzene rings is 1. The van der Waals surface area contributed by atoms with Crippen LogP contribution in [0.2, 0.25) is 0 Å². The SMILES string of the molecule is C[C@@H]1C[C@@H](CN=C(N(C)C)N(C)C)CN1Cc1ccccc1. The van der Waals surface area contributed by atoms with E-state index in [4.69, 9.17) is 4.99 Å². The van der Waals surface area contributed by atoms with Crippen molar-refractivity contribution in [2.75, 3.05) is 41.3 Å². The third kappa shape index (κ3) is 4.47. The Hall–Kier alpha value is -1.55. The summed E-state index contributed by atoms with van der Waals surface area (Å²) in [6.45, 7) is 5.46. The summed E-state index contributed by atoms with van der Waals surface area (Å²) in [6, 6.07) is 11.4. The Morgan fingerprint density at radius 2 is 1.77 bits per heavy atom. The normalized spacial score (nSPS) is 21.7. The van der Waals surface area contributed by atoms with Crippen LogP contribution in [0.25, 0.3) is 0 Å². The van der Waals surface area contributed by atoms with Crippen LogP contribution in [0.3, 0.4) is 0 Å². The van der Waals surface area contributed by atoms with Crippen LogP contribution in [0.15, 0.2) is 35.3 Å². The van der Waals surface area contributed by atoms with Gasteiger partial charge in [0.05, 0.1) is 0 Å². The molecule has 0 aromatic heterocycles. The Morgan fingerprint density at radius 1 is 1.14 bits per heavy atom.